The lowest BCUT2D eigenvalue weighted by atomic mass is 10.1. The molecule has 0 aromatic carbocycles. The van der Waals surface area contributed by atoms with Gasteiger partial charge in [0.05, 0.1) is 19.6 Å². The normalized spacial score (nSPS) is 15.8. The van der Waals surface area contributed by atoms with Gasteiger partial charge >= 0.3 is 18.0 Å². The minimum Gasteiger partial charge on any atom is -0.483 e. The Morgan fingerprint density at radius 2 is 1.16 bits per heavy atom. The highest BCUT2D eigenvalue weighted by Gasteiger charge is 2.20. The van der Waals surface area contributed by atoms with E-state index in [0.717, 1.165) is 25.8 Å². The summed E-state index contributed by atoms with van der Waals surface area (Å²) in [4.78, 5) is 75.3. The highest BCUT2D eigenvalue weighted by Crippen LogP contribution is 2.05. The molecule has 0 bridgehead atoms. The van der Waals surface area contributed by atoms with Gasteiger partial charge in [-0.2, -0.15) is 0 Å². The fourth-order valence-corrected chi connectivity index (χ4v) is 4.44. The van der Waals surface area contributed by atoms with Crippen molar-refractivity contribution in [2.45, 2.75) is 46.5 Å². The van der Waals surface area contributed by atoms with Crippen LogP contribution in [0.2, 0.25) is 0 Å². The Hall–Kier alpha value is -3.54. The molecule has 0 aliphatic carbocycles. The van der Waals surface area contributed by atoms with Gasteiger partial charge in [-0.3, -0.25) is 44.1 Å². The standard InChI is InChI=1S/C27H52N8O7.CH2O2/c1-4-32-11-13-33(15-16-35(21-26(40)41)18-17-34(14-12-32)20-25(38)39)19-24(37)28-10-8-23(36)30-31-27(42)29-9-6-5-7-22(2)3;2-1-3/h22H,4-21H2,1-3H3,(H,28,37)(H,30,36)(H,38,39)(H,40,41)(H2,29,31,42);1H,(H,2,3). The number of rotatable bonds is 15. The maximum absolute atomic E-state index is 12.7. The van der Waals surface area contributed by atoms with Gasteiger partial charge in [-0.1, -0.05) is 33.6 Å². The Morgan fingerprint density at radius 3 is 1.60 bits per heavy atom. The molecule has 0 radical (unpaired) electrons. The lowest BCUT2D eigenvalue weighted by Gasteiger charge is -2.33. The van der Waals surface area contributed by atoms with Crippen LogP contribution in [0.25, 0.3) is 0 Å². The Labute approximate surface area is 265 Å². The largest absolute Gasteiger partial charge is 0.483 e. The Kier molecular flexibility index (Phi) is 23.7. The number of carboxylic acids is 2. The molecular weight excluding hydrogens is 592 g/mol. The highest BCUT2D eigenvalue weighted by atomic mass is 16.4. The number of nitrogens with zero attached hydrogens (tertiary/aromatic N) is 4. The molecule has 1 saturated heterocycles. The average Bonchev–Trinajstić information content (AvgIpc) is 2.95. The molecule has 0 unspecified atom stereocenters. The molecule has 1 aliphatic heterocycles. The van der Waals surface area contributed by atoms with Crippen LogP contribution in [0, 0.1) is 5.92 Å². The number of hydrogen-bond acceptors (Lipinski definition) is 10. The molecule has 17 nitrogen and oxygen atoms in total. The van der Waals surface area contributed by atoms with E-state index in [0.29, 0.717) is 64.8 Å². The van der Waals surface area contributed by atoms with Gasteiger partial charge in [-0.05, 0) is 18.9 Å². The SMILES string of the molecule is CCN1CCN(CC(=O)O)CCN(CC(=O)O)CCN(CC(=O)NCCC(=O)NNC(=O)NCCCCC(C)C)CC1.O=CO. The third-order valence-electron chi connectivity index (χ3n) is 6.95. The van der Waals surface area contributed by atoms with Crippen molar-refractivity contribution < 1.29 is 44.1 Å². The molecule has 45 heavy (non-hydrogen) atoms. The minimum atomic E-state index is -0.972. The number of carbonyl (C=O) groups excluding carboxylic acids is 3. The molecule has 4 amide bonds. The summed E-state index contributed by atoms with van der Waals surface area (Å²) in [6.07, 6.45) is 2.97. The molecule has 0 aromatic rings. The van der Waals surface area contributed by atoms with Gasteiger partial charge in [-0.15, -0.1) is 0 Å². The third kappa shape index (κ3) is 24.5. The van der Waals surface area contributed by atoms with Gasteiger partial charge < -0.3 is 30.9 Å². The second kappa shape index (κ2) is 25.8. The first-order chi connectivity index (χ1) is 21.4. The molecule has 0 atom stereocenters. The van der Waals surface area contributed by atoms with Crippen LogP contribution in [0.15, 0.2) is 0 Å². The lowest BCUT2D eigenvalue weighted by Crippen LogP contribution is -2.49. The third-order valence-corrected chi connectivity index (χ3v) is 6.95. The van der Waals surface area contributed by atoms with Crippen molar-refractivity contribution in [1.29, 1.82) is 0 Å². The molecule has 7 N–H and O–H groups in total. The number of likely N-dealkylation sites (N-methyl/N-ethyl adjacent to an activating group) is 1. The van der Waals surface area contributed by atoms with Crippen LogP contribution in [0.3, 0.4) is 0 Å². The van der Waals surface area contributed by atoms with Crippen LogP contribution in [0.5, 0.6) is 0 Å². The van der Waals surface area contributed by atoms with E-state index in [-0.39, 0.29) is 45.0 Å². The molecule has 0 spiro atoms. The summed E-state index contributed by atoms with van der Waals surface area (Å²) in [6.45, 7) is 11.4. The van der Waals surface area contributed by atoms with E-state index in [9.17, 15) is 34.2 Å². The smallest absolute Gasteiger partial charge is 0.333 e. The molecular formula is C28H54N8O9. The van der Waals surface area contributed by atoms with Crippen molar-refractivity contribution in [3.63, 3.8) is 0 Å². The topological polar surface area (TPSA) is 224 Å². The summed E-state index contributed by atoms with van der Waals surface area (Å²) in [5.41, 5.74) is 4.63. The Balaban J connectivity index is 0.00000618. The maximum Gasteiger partial charge on any atom is 0.333 e. The summed E-state index contributed by atoms with van der Waals surface area (Å²) in [7, 11) is 0. The van der Waals surface area contributed by atoms with E-state index in [1.165, 1.54) is 0 Å². The first-order valence-electron chi connectivity index (χ1n) is 15.4. The van der Waals surface area contributed by atoms with Crippen molar-refractivity contribution in [2.24, 2.45) is 5.92 Å². The lowest BCUT2D eigenvalue weighted by molar-refractivity contribution is -0.140. The van der Waals surface area contributed by atoms with Crippen LogP contribution in [-0.2, 0) is 24.0 Å². The van der Waals surface area contributed by atoms with Crippen molar-refractivity contribution >= 4 is 36.3 Å². The van der Waals surface area contributed by atoms with Crippen molar-refractivity contribution in [3.8, 4) is 0 Å². The fraction of sp³-hybridized carbons (Fsp3) is 0.786. The number of hydrazine groups is 1. The molecule has 260 valence electrons. The molecule has 1 fully saturated rings. The first kappa shape index (κ1) is 41.5. The first-order valence-corrected chi connectivity index (χ1v) is 15.4. The number of amides is 4. The molecule has 0 aromatic heterocycles. The molecule has 1 rings (SSSR count). The summed E-state index contributed by atoms with van der Waals surface area (Å²) in [5, 5.41) is 30.9. The predicted octanol–water partition coefficient (Wildman–Crippen LogP) is -1.24. The second-order valence-electron chi connectivity index (χ2n) is 11.1. The van der Waals surface area contributed by atoms with Gasteiger partial charge in [0, 0.05) is 71.9 Å². The molecule has 1 aliphatic rings. The number of carboxylic acid groups (broad SMARTS) is 3. The highest BCUT2D eigenvalue weighted by molar-refractivity contribution is 5.82. The summed E-state index contributed by atoms with van der Waals surface area (Å²) < 4.78 is 0. The van der Waals surface area contributed by atoms with Crippen molar-refractivity contribution in [1.82, 2.24) is 41.1 Å². The zero-order chi connectivity index (χ0) is 34.0. The number of carbonyl (C=O) groups is 6. The molecule has 17 heteroatoms. The number of hydrogen-bond donors (Lipinski definition) is 7. The molecule has 0 saturated carbocycles. The van der Waals surface area contributed by atoms with Crippen LogP contribution in [-0.4, -0.2) is 163 Å². The van der Waals surface area contributed by atoms with Crippen molar-refractivity contribution in [2.75, 3.05) is 91.6 Å². The number of nitrogens with one attached hydrogen (secondary N) is 4. The van der Waals surface area contributed by atoms with E-state index >= 15 is 0 Å². The van der Waals surface area contributed by atoms with E-state index in [4.69, 9.17) is 9.90 Å². The van der Waals surface area contributed by atoms with E-state index in [2.05, 4.69) is 40.2 Å². The Morgan fingerprint density at radius 1 is 0.689 bits per heavy atom. The van der Waals surface area contributed by atoms with Crippen LogP contribution >= 0.6 is 0 Å². The number of aliphatic carboxylic acids is 2. The quantitative estimate of drug-likeness (QED) is 0.0629. The van der Waals surface area contributed by atoms with E-state index < -0.39 is 23.9 Å². The van der Waals surface area contributed by atoms with Gasteiger partial charge in [0.1, 0.15) is 0 Å². The van der Waals surface area contributed by atoms with E-state index in [1.807, 2.05) is 16.7 Å². The van der Waals surface area contributed by atoms with Gasteiger partial charge in [0.25, 0.3) is 6.47 Å². The Bertz CT molecular complexity index is 894. The zero-order valence-electron chi connectivity index (χ0n) is 27.0. The van der Waals surface area contributed by atoms with Gasteiger partial charge in [0.15, 0.2) is 0 Å². The molecule has 1 heterocycles. The number of unbranched alkanes of at least 4 members (excludes halogenated alkanes) is 1. The zero-order valence-corrected chi connectivity index (χ0v) is 27.0. The predicted molar refractivity (Wildman–Crippen MR) is 166 cm³/mol. The van der Waals surface area contributed by atoms with Crippen LogP contribution in [0.1, 0.15) is 46.5 Å². The number of urea groups is 1. The van der Waals surface area contributed by atoms with Crippen molar-refractivity contribution in [3.05, 3.63) is 0 Å². The minimum absolute atomic E-state index is 0.0107. The van der Waals surface area contributed by atoms with Gasteiger partial charge in [0.2, 0.25) is 11.8 Å². The second-order valence-corrected chi connectivity index (χ2v) is 11.1. The van der Waals surface area contributed by atoms with E-state index in [1.54, 1.807) is 4.90 Å². The monoisotopic (exact) mass is 646 g/mol. The maximum atomic E-state index is 12.7. The fourth-order valence-electron chi connectivity index (χ4n) is 4.44. The van der Waals surface area contributed by atoms with Gasteiger partial charge in [-0.25, -0.2) is 10.2 Å². The average molecular weight is 647 g/mol. The summed E-state index contributed by atoms with van der Waals surface area (Å²) in [6, 6.07) is -0.486. The summed E-state index contributed by atoms with van der Waals surface area (Å²) in [5.74, 6) is -1.97. The summed E-state index contributed by atoms with van der Waals surface area (Å²) >= 11 is 0. The van der Waals surface area contributed by atoms with Crippen LogP contribution < -0.4 is 21.5 Å². The van der Waals surface area contributed by atoms with Crippen LogP contribution in [0.4, 0.5) is 4.79 Å².